The van der Waals surface area contributed by atoms with Gasteiger partial charge in [0, 0.05) is 7.05 Å². The molecule has 0 amide bonds. The Bertz CT molecular complexity index is 214. The monoisotopic (exact) mass is 258 g/mol. The van der Waals surface area contributed by atoms with Crippen LogP contribution < -0.4 is 0 Å². The largest absolute Gasteiger partial charge is 0.281 e. The van der Waals surface area contributed by atoms with Crippen molar-refractivity contribution in [2.75, 3.05) is 0 Å². The van der Waals surface area contributed by atoms with Gasteiger partial charge in [0.25, 0.3) is 6.43 Å². The summed E-state index contributed by atoms with van der Waals surface area (Å²) in [6.07, 6.45) is -1.01. The molecule has 0 saturated heterocycles. The molecule has 0 radical (unpaired) electrons. The number of nitrogens with zero attached hydrogens (tertiary/aromatic N) is 2. The molecule has 0 spiro atoms. The molecule has 0 aliphatic carbocycles. The standard InChI is InChI=1S/C5H5F2IN2/c1-10-4(5(6)7)3(8)2-9-10/h2,5H,1H3. The number of aromatic nitrogens is 2. The van der Waals surface area contributed by atoms with Crippen LogP contribution in [-0.4, -0.2) is 9.78 Å². The Morgan fingerprint density at radius 2 is 2.30 bits per heavy atom. The van der Waals surface area contributed by atoms with Gasteiger partial charge in [0.2, 0.25) is 0 Å². The zero-order valence-corrected chi connectivity index (χ0v) is 7.34. The highest BCUT2D eigenvalue weighted by Crippen LogP contribution is 2.22. The van der Waals surface area contributed by atoms with Crippen LogP contribution in [0.3, 0.4) is 0 Å². The normalized spacial score (nSPS) is 10.9. The third-order valence-electron chi connectivity index (χ3n) is 1.14. The molecule has 0 N–H and O–H groups in total. The van der Waals surface area contributed by atoms with E-state index in [-0.39, 0.29) is 5.69 Å². The molecule has 0 unspecified atom stereocenters. The van der Waals surface area contributed by atoms with E-state index in [9.17, 15) is 8.78 Å². The number of hydrogen-bond acceptors (Lipinski definition) is 1. The van der Waals surface area contributed by atoms with E-state index in [1.807, 2.05) is 22.6 Å². The summed E-state index contributed by atoms with van der Waals surface area (Å²) in [4.78, 5) is 0. The maximum atomic E-state index is 12.1. The number of hydrogen-bond donors (Lipinski definition) is 0. The van der Waals surface area contributed by atoms with E-state index in [4.69, 9.17) is 0 Å². The van der Waals surface area contributed by atoms with Crippen LogP contribution >= 0.6 is 22.6 Å². The fraction of sp³-hybridized carbons (Fsp3) is 0.400. The molecule has 1 heterocycles. The van der Waals surface area contributed by atoms with Crippen LogP contribution in [0.4, 0.5) is 8.78 Å². The van der Waals surface area contributed by atoms with Crippen molar-refractivity contribution < 1.29 is 8.78 Å². The minimum Gasteiger partial charge on any atom is -0.266 e. The summed E-state index contributed by atoms with van der Waals surface area (Å²) in [6, 6.07) is 0. The molecule has 1 aromatic rings. The van der Waals surface area contributed by atoms with E-state index in [0.29, 0.717) is 3.57 Å². The zero-order chi connectivity index (χ0) is 7.72. The lowest BCUT2D eigenvalue weighted by Gasteiger charge is -1.98. The van der Waals surface area contributed by atoms with E-state index in [1.165, 1.54) is 17.9 Å². The fourth-order valence-corrected chi connectivity index (χ4v) is 1.37. The second-order valence-corrected chi connectivity index (χ2v) is 2.96. The van der Waals surface area contributed by atoms with Gasteiger partial charge in [-0.05, 0) is 22.6 Å². The lowest BCUT2D eigenvalue weighted by atomic mass is 10.4. The Morgan fingerprint density at radius 1 is 1.70 bits per heavy atom. The Morgan fingerprint density at radius 3 is 2.50 bits per heavy atom. The molecule has 0 atom stereocenters. The van der Waals surface area contributed by atoms with Crippen molar-refractivity contribution in [2.45, 2.75) is 6.43 Å². The highest BCUT2D eigenvalue weighted by Gasteiger charge is 2.15. The van der Waals surface area contributed by atoms with Gasteiger partial charge >= 0.3 is 0 Å². The van der Waals surface area contributed by atoms with Gasteiger partial charge in [-0.2, -0.15) is 5.10 Å². The Balaban J connectivity index is 3.10. The van der Waals surface area contributed by atoms with Gasteiger partial charge in [-0.15, -0.1) is 0 Å². The summed E-state index contributed by atoms with van der Waals surface area (Å²) < 4.78 is 25.8. The smallest absolute Gasteiger partial charge is 0.266 e. The van der Waals surface area contributed by atoms with Crippen LogP contribution in [0.2, 0.25) is 0 Å². The van der Waals surface area contributed by atoms with Crippen molar-refractivity contribution >= 4 is 22.6 Å². The van der Waals surface area contributed by atoms with Crippen molar-refractivity contribution in [1.82, 2.24) is 9.78 Å². The van der Waals surface area contributed by atoms with Crippen LogP contribution in [0.1, 0.15) is 12.1 Å². The van der Waals surface area contributed by atoms with Crippen molar-refractivity contribution in [3.8, 4) is 0 Å². The van der Waals surface area contributed by atoms with Crippen molar-refractivity contribution in [2.24, 2.45) is 7.05 Å². The molecule has 10 heavy (non-hydrogen) atoms. The average Bonchev–Trinajstić information content (AvgIpc) is 2.11. The second-order valence-electron chi connectivity index (χ2n) is 1.80. The molecular formula is C5H5F2IN2. The van der Waals surface area contributed by atoms with Crippen molar-refractivity contribution in [3.05, 3.63) is 15.5 Å². The van der Waals surface area contributed by atoms with Gasteiger partial charge in [0.1, 0.15) is 5.69 Å². The molecular weight excluding hydrogens is 253 g/mol. The molecule has 2 nitrogen and oxygen atoms in total. The predicted molar refractivity (Wildman–Crippen MR) is 40.9 cm³/mol. The minimum atomic E-state index is -2.43. The third-order valence-corrected chi connectivity index (χ3v) is 1.98. The number of halogens is 3. The average molecular weight is 258 g/mol. The van der Waals surface area contributed by atoms with Gasteiger partial charge < -0.3 is 0 Å². The van der Waals surface area contributed by atoms with Gasteiger partial charge in [-0.1, -0.05) is 0 Å². The summed E-state index contributed by atoms with van der Waals surface area (Å²) in [5, 5.41) is 3.67. The fourth-order valence-electron chi connectivity index (χ4n) is 0.666. The lowest BCUT2D eigenvalue weighted by molar-refractivity contribution is 0.140. The lowest BCUT2D eigenvalue weighted by Crippen LogP contribution is -1.98. The van der Waals surface area contributed by atoms with Gasteiger partial charge in [0.15, 0.2) is 0 Å². The van der Waals surface area contributed by atoms with Crippen molar-refractivity contribution in [3.63, 3.8) is 0 Å². The van der Waals surface area contributed by atoms with Gasteiger partial charge in [-0.3, -0.25) is 4.68 Å². The summed E-state index contributed by atoms with van der Waals surface area (Å²) >= 11 is 1.83. The first kappa shape index (κ1) is 7.90. The number of rotatable bonds is 1. The minimum absolute atomic E-state index is 0.0133. The summed E-state index contributed by atoms with van der Waals surface area (Å²) in [5.74, 6) is 0. The Hall–Kier alpha value is -0.200. The van der Waals surface area contributed by atoms with E-state index in [0.717, 1.165) is 0 Å². The quantitative estimate of drug-likeness (QED) is 0.704. The zero-order valence-electron chi connectivity index (χ0n) is 5.18. The van der Waals surface area contributed by atoms with Crippen LogP contribution in [0, 0.1) is 3.57 Å². The number of aryl methyl sites for hydroxylation is 1. The molecule has 0 saturated carbocycles. The topological polar surface area (TPSA) is 17.8 Å². The molecule has 0 aliphatic heterocycles. The van der Waals surface area contributed by atoms with Crippen LogP contribution in [-0.2, 0) is 7.05 Å². The van der Waals surface area contributed by atoms with Gasteiger partial charge in [0.05, 0.1) is 9.77 Å². The molecule has 1 rings (SSSR count). The van der Waals surface area contributed by atoms with E-state index < -0.39 is 6.43 Å². The summed E-state index contributed by atoms with van der Waals surface area (Å²) in [6.45, 7) is 0. The SMILES string of the molecule is Cn1ncc(I)c1C(F)F. The van der Waals surface area contributed by atoms with Gasteiger partial charge in [-0.25, -0.2) is 8.78 Å². The van der Waals surface area contributed by atoms with E-state index in [2.05, 4.69) is 5.10 Å². The summed E-state index contributed by atoms with van der Waals surface area (Å²) in [5.41, 5.74) is -0.0133. The van der Waals surface area contributed by atoms with Crippen LogP contribution in [0.25, 0.3) is 0 Å². The molecule has 1 aromatic heterocycles. The Kier molecular flexibility index (Phi) is 2.22. The van der Waals surface area contributed by atoms with Crippen molar-refractivity contribution in [1.29, 1.82) is 0 Å². The van der Waals surface area contributed by atoms with Crippen LogP contribution in [0.15, 0.2) is 6.20 Å². The Labute approximate surface area is 70.4 Å². The van der Waals surface area contributed by atoms with Crippen LogP contribution in [0.5, 0.6) is 0 Å². The highest BCUT2D eigenvalue weighted by atomic mass is 127. The number of alkyl halides is 2. The maximum Gasteiger partial charge on any atom is 0.281 e. The molecule has 0 fully saturated rings. The molecule has 0 aliphatic rings. The van der Waals surface area contributed by atoms with E-state index in [1.54, 1.807) is 0 Å². The third kappa shape index (κ3) is 1.28. The molecule has 0 aromatic carbocycles. The molecule has 5 heteroatoms. The van der Waals surface area contributed by atoms with E-state index >= 15 is 0 Å². The first-order chi connectivity index (χ1) is 4.63. The summed E-state index contributed by atoms with van der Waals surface area (Å²) in [7, 11) is 1.50. The first-order valence-electron chi connectivity index (χ1n) is 2.58. The highest BCUT2D eigenvalue weighted by molar-refractivity contribution is 14.1. The molecule has 56 valence electrons. The predicted octanol–water partition coefficient (Wildman–Crippen LogP) is 1.96. The second kappa shape index (κ2) is 2.81. The first-order valence-corrected chi connectivity index (χ1v) is 3.66. The maximum absolute atomic E-state index is 12.1. The molecule has 0 bridgehead atoms.